The van der Waals surface area contributed by atoms with Gasteiger partial charge in [-0.25, -0.2) is 4.98 Å². The lowest BCUT2D eigenvalue weighted by Gasteiger charge is -2.35. The quantitative estimate of drug-likeness (QED) is 0.195. The maximum absolute atomic E-state index is 13.8. The van der Waals surface area contributed by atoms with Gasteiger partial charge in [0.25, 0.3) is 0 Å². The maximum atomic E-state index is 13.8. The number of aliphatic hydroxyl groups excluding tert-OH is 1. The minimum absolute atomic E-state index is 0.0310. The Kier molecular flexibility index (Phi) is 11.8. The number of aryl methyl sites for hydroxylation is 3. The average molecular weight is 639 g/mol. The van der Waals surface area contributed by atoms with Gasteiger partial charge in [0.2, 0.25) is 17.7 Å². The van der Waals surface area contributed by atoms with Crippen LogP contribution >= 0.6 is 11.3 Å². The summed E-state index contributed by atoms with van der Waals surface area (Å²) >= 11 is 1.58. The number of aromatic nitrogens is 4. The highest BCUT2D eigenvalue weighted by Gasteiger charge is 2.44. The van der Waals surface area contributed by atoms with E-state index < -0.39 is 23.6 Å². The van der Waals surface area contributed by atoms with Crippen LogP contribution in [0.5, 0.6) is 0 Å². The van der Waals surface area contributed by atoms with Crippen molar-refractivity contribution in [2.75, 3.05) is 13.1 Å². The van der Waals surface area contributed by atoms with Crippen LogP contribution in [0.25, 0.3) is 10.4 Å². The fourth-order valence-electron chi connectivity index (χ4n) is 5.42. The van der Waals surface area contributed by atoms with Gasteiger partial charge in [0, 0.05) is 38.7 Å². The van der Waals surface area contributed by atoms with Gasteiger partial charge in [0.15, 0.2) is 0 Å². The molecule has 0 spiro atoms. The minimum Gasteiger partial charge on any atom is -0.391 e. The van der Waals surface area contributed by atoms with Crippen LogP contribution in [0.15, 0.2) is 36.0 Å². The van der Waals surface area contributed by atoms with Crippen LogP contribution in [0.3, 0.4) is 0 Å². The van der Waals surface area contributed by atoms with Crippen molar-refractivity contribution in [3.05, 3.63) is 52.9 Å². The first-order valence-electron chi connectivity index (χ1n) is 15.6. The molecule has 0 saturated carbocycles. The second kappa shape index (κ2) is 15.5. The number of β-amino-alcohol motifs (C(OH)–C–C–N with tert-alkyl or cyclic N) is 1. The third kappa shape index (κ3) is 9.41. The molecule has 3 aromatic rings. The highest BCUT2D eigenvalue weighted by atomic mass is 32.1. The van der Waals surface area contributed by atoms with Crippen molar-refractivity contribution < 1.29 is 19.5 Å². The number of carbonyl (C=O) groups excluding carboxylic acids is 3. The molecule has 0 aliphatic carbocycles. The predicted octanol–water partition coefficient (Wildman–Crippen LogP) is 2.58. The van der Waals surface area contributed by atoms with Crippen LogP contribution in [-0.2, 0) is 33.9 Å². The van der Waals surface area contributed by atoms with Crippen molar-refractivity contribution in [1.82, 2.24) is 35.5 Å². The summed E-state index contributed by atoms with van der Waals surface area (Å²) in [6, 6.07) is 6.22. The zero-order valence-electron chi connectivity index (χ0n) is 26.7. The molecule has 3 amide bonds. The van der Waals surface area contributed by atoms with Gasteiger partial charge in [0.05, 0.1) is 27.9 Å². The van der Waals surface area contributed by atoms with Crippen molar-refractivity contribution in [2.45, 2.75) is 97.5 Å². The number of amides is 3. The largest absolute Gasteiger partial charge is 0.391 e. The van der Waals surface area contributed by atoms with Crippen LogP contribution in [-0.4, -0.2) is 79.0 Å². The summed E-state index contributed by atoms with van der Waals surface area (Å²) in [5.41, 5.74) is 10.5. The Balaban J connectivity index is 1.31. The van der Waals surface area contributed by atoms with Crippen molar-refractivity contribution in [3.63, 3.8) is 0 Å². The Labute approximate surface area is 268 Å². The van der Waals surface area contributed by atoms with Gasteiger partial charge in [-0.15, -0.1) is 16.4 Å². The van der Waals surface area contributed by atoms with E-state index in [1.165, 1.54) is 4.90 Å². The molecule has 0 radical (unpaired) electrons. The molecule has 1 unspecified atom stereocenters. The van der Waals surface area contributed by atoms with Crippen molar-refractivity contribution in [2.24, 2.45) is 11.1 Å². The normalized spacial score (nSPS) is 17.3. The lowest BCUT2D eigenvalue weighted by molar-refractivity contribution is -0.144. The molecule has 4 rings (SSSR count). The number of nitrogens with one attached hydrogen (secondary N) is 2. The molecule has 1 aromatic carbocycles. The number of hydrogen-bond donors (Lipinski definition) is 4. The number of aliphatic hydroxyl groups is 1. The Morgan fingerprint density at radius 3 is 2.58 bits per heavy atom. The fraction of sp³-hybridized carbons (Fsp3) is 0.562. The zero-order chi connectivity index (χ0) is 32.6. The second-order valence-corrected chi connectivity index (χ2v) is 13.6. The average Bonchev–Trinajstić information content (AvgIpc) is 3.74. The molecular formula is C32H46N8O4S. The monoisotopic (exact) mass is 638 g/mol. The third-order valence-electron chi connectivity index (χ3n) is 7.98. The molecular weight excluding hydrogens is 592 g/mol. The van der Waals surface area contributed by atoms with Gasteiger partial charge >= 0.3 is 0 Å². The van der Waals surface area contributed by atoms with Gasteiger partial charge in [-0.2, -0.15) is 0 Å². The van der Waals surface area contributed by atoms with E-state index >= 15 is 0 Å². The highest BCUT2D eigenvalue weighted by Crippen LogP contribution is 2.28. The molecule has 1 aliphatic rings. The van der Waals surface area contributed by atoms with E-state index in [-0.39, 0.29) is 43.7 Å². The van der Waals surface area contributed by atoms with Crippen molar-refractivity contribution in [1.29, 1.82) is 0 Å². The fourth-order valence-corrected chi connectivity index (χ4v) is 6.24. The number of thiazole rings is 1. The Hall–Kier alpha value is -3.68. The number of rotatable bonds is 14. The van der Waals surface area contributed by atoms with Gasteiger partial charge in [-0.3, -0.25) is 19.1 Å². The molecule has 45 heavy (non-hydrogen) atoms. The SMILES string of the molecule is Cc1ncsc1-c1ccc(CNC(=O)[C@@H]2C[C@@H](O)CN2C(=O)C(NC(=O)CCCc2cn(CCCCN)nn2)C(C)(C)C)cc1. The Morgan fingerprint density at radius 2 is 1.91 bits per heavy atom. The molecule has 1 aliphatic heterocycles. The molecule has 1 fully saturated rings. The zero-order valence-corrected chi connectivity index (χ0v) is 27.5. The van der Waals surface area contributed by atoms with E-state index in [1.807, 2.05) is 63.7 Å². The van der Waals surface area contributed by atoms with Crippen molar-refractivity contribution >= 4 is 29.1 Å². The third-order valence-corrected chi connectivity index (χ3v) is 8.95. The van der Waals surface area contributed by atoms with E-state index in [1.54, 1.807) is 16.0 Å². The first-order chi connectivity index (χ1) is 21.5. The molecule has 13 heteroatoms. The summed E-state index contributed by atoms with van der Waals surface area (Å²) in [5, 5.41) is 24.6. The molecule has 3 heterocycles. The number of likely N-dealkylation sites (tertiary alicyclic amines) is 1. The second-order valence-electron chi connectivity index (χ2n) is 12.8. The predicted molar refractivity (Wildman–Crippen MR) is 173 cm³/mol. The number of benzene rings is 1. The van der Waals surface area contributed by atoms with Gasteiger partial charge < -0.3 is 26.4 Å². The van der Waals surface area contributed by atoms with Gasteiger partial charge in [0.1, 0.15) is 12.1 Å². The smallest absolute Gasteiger partial charge is 0.246 e. The molecule has 0 bridgehead atoms. The number of nitrogens with zero attached hydrogens (tertiary/aromatic N) is 5. The lowest BCUT2D eigenvalue weighted by Crippen LogP contribution is -2.57. The van der Waals surface area contributed by atoms with E-state index in [0.29, 0.717) is 19.4 Å². The first-order valence-corrected chi connectivity index (χ1v) is 16.5. The molecule has 1 saturated heterocycles. The van der Waals surface area contributed by atoms with Gasteiger partial charge in [-0.05, 0) is 55.7 Å². The summed E-state index contributed by atoms with van der Waals surface area (Å²) in [6.45, 7) is 9.31. The van der Waals surface area contributed by atoms with Crippen molar-refractivity contribution in [3.8, 4) is 10.4 Å². The summed E-state index contributed by atoms with van der Waals surface area (Å²) in [7, 11) is 0. The number of nitrogens with two attached hydrogens (primary N) is 1. The maximum Gasteiger partial charge on any atom is 0.246 e. The number of unbranched alkanes of at least 4 members (excludes halogenated alkanes) is 1. The van der Waals surface area contributed by atoms with Crippen LogP contribution in [0.2, 0.25) is 0 Å². The summed E-state index contributed by atoms with van der Waals surface area (Å²) < 4.78 is 1.79. The molecule has 2 aromatic heterocycles. The molecule has 3 atom stereocenters. The van der Waals surface area contributed by atoms with Crippen LogP contribution in [0.4, 0.5) is 0 Å². The first kappa shape index (κ1) is 34.2. The minimum atomic E-state index is -0.864. The van der Waals surface area contributed by atoms with E-state index in [2.05, 4.69) is 25.9 Å². The summed E-state index contributed by atoms with van der Waals surface area (Å²) in [5.74, 6) is -0.967. The van der Waals surface area contributed by atoms with Crippen LogP contribution in [0, 0.1) is 12.3 Å². The summed E-state index contributed by atoms with van der Waals surface area (Å²) in [6.07, 6.45) is 4.41. The van der Waals surface area contributed by atoms with E-state index in [9.17, 15) is 19.5 Å². The van der Waals surface area contributed by atoms with Crippen LogP contribution < -0.4 is 16.4 Å². The molecule has 12 nitrogen and oxygen atoms in total. The molecule has 5 N–H and O–H groups in total. The highest BCUT2D eigenvalue weighted by molar-refractivity contribution is 7.13. The summed E-state index contributed by atoms with van der Waals surface area (Å²) in [4.78, 5) is 46.9. The molecule has 244 valence electrons. The topological polar surface area (TPSA) is 168 Å². The number of hydrogen-bond acceptors (Lipinski definition) is 9. The number of carbonyl (C=O) groups is 3. The van der Waals surface area contributed by atoms with Crippen LogP contribution in [0.1, 0.15) is 69.8 Å². The lowest BCUT2D eigenvalue weighted by atomic mass is 9.85. The van der Waals surface area contributed by atoms with E-state index in [4.69, 9.17) is 5.73 Å². The Bertz CT molecular complexity index is 1430. The standard InChI is InChI=1S/C32H46N8O4S/c1-21-28(45-20-35-21)23-12-10-22(11-13-23)17-34-30(43)26-16-25(41)19-40(26)31(44)29(32(2,3)4)36-27(42)9-7-8-24-18-39(38-37-24)15-6-5-14-33/h10-13,18,20,25-26,29,41H,5-9,14-17,19,33H2,1-4H3,(H,34,43)(H,36,42)/t25-,26+,29?/m1/s1. The Morgan fingerprint density at radius 1 is 1.16 bits per heavy atom. The van der Waals surface area contributed by atoms with Gasteiger partial charge in [-0.1, -0.05) is 50.3 Å². The van der Waals surface area contributed by atoms with E-state index in [0.717, 1.165) is 46.8 Å².